The summed E-state index contributed by atoms with van der Waals surface area (Å²) in [5, 5.41) is 12.3. The average molecular weight is 307 g/mol. The second kappa shape index (κ2) is 7.85. The number of aliphatic hydroxyl groups is 1. The van der Waals surface area contributed by atoms with Crippen molar-refractivity contribution in [3.8, 4) is 0 Å². The summed E-state index contributed by atoms with van der Waals surface area (Å²) in [6, 6.07) is 9.91. The highest BCUT2D eigenvalue weighted by molar-refractivity contribution is 7.81. The zero-order chi connectivity index (χ0) is 15.1. The Hall–Kier alpha value is -1.00. The van der Waals surface area contributed by atoms with E-state index < -0.39 is 0 Å². The Balaban J connectivity index is 1.83. The van der Waals surface area contributed by atoms with Crippen molar-refractivity contribution in [2.75, 3.05) is 13.2 Å². The van der Waals surface area contributed by atoms with Crippen LogP contribution in [0.1, 0.15) is 37.7 Å². The summed E-state index contributed by atoms with van der Waals surface area (Å²) >= 11 is 4.42. The van der Waals surface area contributed by atoms with E-state index in [-0.39, 0.29) is 23.2 Å². The molecule has 2 rings (SSSR count). The Kier molecular flexibility index (Phi) is 6.12. The van der Waals surface area contributed by atoms with Crippen molar-refractivity contribution in [2.24, 2.45) is 5.41 Å². The van der Waals surface area contributed by atoms with Gasteiger partial charge in [-0.15, -0.1) is 0 Å². The Morgan fingerprint density at radius 1 is 1.24 bits per heavy atom. The van der Waals surface area contributed by atoms with E-state index in [1.807, 2.05) is 30.3 Å². The second-order valence-electron chi connectivity index (χ2n) is 6.14. The number of carbonyl (C=O) groups excluding carboxylic acids is 1. The van der Waals surface area contributed by atoms with Gasteiger partial charge in [0.05, 0.1) is 11.9 Å². The predicted octanol–water partition coefficient (Wildman–Crippen LogP) is 2.59. The third kappa shape index (κ3) is 4.75. The topological polar surface area (TPSA) is 49.3 Å². The monoisotopic (exact) mass is 307 g/mol. The molecule has 21 heavy (non-hydrogen) atoms. The van der Waals surface area contributed by atoms with Gasteiger partial charge in [0, 0.05) is 12.0 Å². The van der Waals surface area contributed by atoms with E-state index in [0.29, 0.717) is 13.0 Å². The molecule has 1 unspecified atom stereocenters. The summed E-state index contributed by atoms with van der Waals surface area (Å²) in [7, 11) is 0. The Morgan fingerprint density at radius 2 is 1.90 bits per heavy atom. The molecule has 1 aliphatic rings. The maximum atomic E-state index is 12.2. The molecule has 1 amide bonds. The van der Waals surface area contributed by atoms with Crippen LogP contribution in [0.25, 0.3) is 0 Å². The van der Waals surface area contributed by atoms with Crippen LogP contribution < -0.4 is 5.32 Å². The minimum Gasteiger partial charge on any atom is -0.396 e. The molecule has 0 aromatic heterocycles. The fourth-order valence-corrected chi connectivity index (χ4v) is 3.32. The van der Waals surface area contributed by atoms with Gasteiger partial charge in [-0.2, -0.15) is 12.6 Å². The van der Waals surface area contributed by atoms with Crippen molar-refractivity contribution in [2.45, 2.75) is 43.8 Å². The number of benzene rings is 1. The predicted molar refractivity (Wildman–Crippen MR) is 88.5 cm³/mol. The maximum absolute atomic E-state index is 12.2. The van der Waals surface area contributed by atoms with Gasteiger partial charge in [0.15, 0.2) is 0 Å². The molecule has 116 valence electrons. The average Bonchev–Trinajstić information content (AvgIpc) is 2.54. The lowest BCUT2D eigenvalue weighted by Crippen LogP contribution is -2.44. The molecule has 0 saturated heterocycles. The van der Waals surface area contributed by atoms with Crippen molar-refractivity contribution >= 4 is 18.5 Å². The van der Waals surface area contributed by atoms with Gasteiger partial charge in [0.25, 0.3) is 0 Å². The third-order valence-electron chi connectivity index (χ3n) is 4.46. The highest BCUT2D eigenvalue weighted by atomic mass is 32.1. The third-order valence-corrected chi connectivity index (χ3v) is 4.88. The molecule has 0 aliphatic heterocycles. The number of hydrogen-bond donors (Lipinski definition) is 3. The number of rotatable bonds is 6. The first-order valence-corrected chi connectivity index (χ1v) is 8.27. The zero-order valence-corrected chi connectivity index (χ0v) is 13.3. The molecule has 1 aromatic rings. The first-order chi connectivity index (χ1) is 10.2. The van der Waals surface area contributed by atoms with Crippen LogP contribution in [-0.4, -0.2) is 29.4 Å². The summed E-state index contributed by atoms with van der Waals surface area (Å²) in [4.78, 5) is 12.2. The van der Waals surface area contributed by atoms with Crippen molar-refractivity contribution in [3.63, 3.8) is 0 Å². The first-order valence-electron chi connectivity index (χ1n) is 7.76. The van der Waals surface area contributed by atoms with Gasteiger partial charge in [-0.25, -0.2) is 0 Å². The molecule has 1 aromatic carbocycles. The van der Waals surface area contributed by atoms with Gasteiger partial charge in [-0.3, -0.25) is 4.79 Å². The highest BCUT2D eigenvalue weighted by Gasteiger charge is 2.32. The molecule has 1 fully saturated rings. The van der Waals surface area contributed by atoms with Crippen LogP contribution in [0.2, 0.25) is 0 Å². The van der Waals surface area contributed by atoms with Crippen LogP contribution >= 0.6 is 12.6 Å². The number of aliphatic hydroxyl groups excluding tert-OH is 1. The lowest BCUT2D eigenvalue weighted by atomic mass is 9.74. The van der Waals surface area contributed by atoms with Crippen molar-refractivity contribution < 1.29 is 9.90 Å². The molecule has 0 heterocycles. The van der Waals surface area contributed by atoms with Crippen LogP contribution in [-0.2, 0) is 11.2 Å². The lowest BCUT2D eigenvalue weighted by molar-refractivity contribution is -0.121. The maximum Gasteiger partial charge on any atom is 0.233 e. The Labute approximate surface area is 132 Å². The molecular formula is C17H25NO2S. The summed E-state index contributed by atoms with van der Waals surface area (Å²) in [6.45, 7) is 0.720. The van der Waals surface area contributed by atoms with E-state index >= 15 is 0 Å². The molecule has 0 spiro atoms. The molecule has 1 atom stereocenters. The fraction of sp³-hybridized carbons (Fsp3) is 0.588. The summed E-state index contributed by atoms with van der Waals surface area (Å²) in [5.74, 6) is -0.0411. The van der Waals surface area contributed by atoms with Crippen molar-refractivity contribution in [3.05, 3.63) is 35.9 Å². The van der Waals surface area contributed by atoms with E-state index in [2.05, 4.69) is 17.9 Å². The van der Waals surface area contributed by atoms with Crippen molar-refractivity contribution in [1.29, 1.82) is 0 Å². The van der Waals surface area contributed by atoms with Crippen LogP contribution in [0.15, 0.2) is 30.3 Å². The van der Waals surface area contributed by atoms with Crippen LogP contribution in [0.5, 0.6) is 0 Å². The van der Waals surface area contributed by atoms with Crippen LogP contribution in [0, 0.1) is 5.41 Å². The van der Waals surface area contributed by atoms with Gasteiger partial charge in [-0.1, -0.05) is 49.6 Å². The number of nitrogens with one attached hydrogen (secondary N) is 1. The fourth-order valence-electron chi connectivity index (χ4n) is 3.02. The molecule has 2 N–H and O–H groups in total. The molecule has 0 bridgehead atoms. The van der Waals surface area contributed by atoms with Crippen molar-refractivity contribution in [1.82, 2.24) is 5.32 Å². The van der Waals surface area contributed by atoms with Gasteiger partial charge in [0.2, 0.25) is 5.91 Å². The highest BCUT2D eigenvalue weighted by Crippen LogP contribution is 2.35. The normalized spacial score (nSPS) is 19.0. The first kappa shape index (κ1) is 16.4. The SMILES string of the molecule is O=C(NCC1(CO)CCCCC1)C(S)Cc1ccccc1. The quantitative estimate of drug-likeness (QED) is 0.708. The minimum atomic E-state index is -0.341. The summed E-state index contributed by atoms with van der Waals surface area (Å²) in [6.07, 6.45) is 6.15. The Morgan fingerprint density at radius 3 is 2.52 bits per heavy atom. The standard InChI is InChI=1S/C17H25NO2S/c19-13-17(9-5-2-6-10-17)12-18-16(20)15(21)11-14-7-3-1-4-8-14/h1,3-4,7-8,15,19,21H,2,5-6,9-13H2,(H,18,20). The van der Waals surface area contributed by atoms with E-state index in [1.165, 1.54) is 6.42 Å². The van der Waals surface area contributed by atoms with E-state index in [0.717, 1.165) is 31.2 Å². The van der Waals surface area contributed by atoms with Gasteiger partial charge >= 0.3 is 0 Å². The molecule has 1 saturated carbocycles. The zero-order valence-electron chi connectivity index (χ0n) is 12.4. The molecule has 4 heteroatoms. The number of amides is 1. The summed E-state index contributed by atoms with van der Waals surface area (Å²) in [5.41, 5.74) is 0.996. The van der Waals surface area contributed by atoms with Crippen LogP contribution in [0.3, 0.4) is 0 Å². The van der Waals surface area contributed by atoms with E-state index in [4.69, 9.17) is 0 Å². The smallest absolute Gasteiger partial charge is 0.233 e. The second-order valence-corrected chi connectivity index (χ2v) is 6.77. The summed E-state index contributed by atoms with van der Waals surface area (Å²) < 4.78 is 0. The van der Waals surface area contributed by atoms with E-state index in [9.17, 15) is 9.90 Å². The molecule has 0 radical (unpaired) electrons. The molecule has 3 nitrogen and oxygen atoms in total. The Bertz CT molecular complexity index is 443. The largest absolute Gasteiger partial charge is 0.396 e. The lowest BCUT2D eigenvalue weighted by Gasteiger charge is -2.35. The number of hydrogen-bond acceptors (Lipinski definition) is 3. The van der Waals surface area contributed by atoms with Gasteiger partial charge in [0.1, 0.15) is 0 Å². The molecular weight excluding hydrogens is 282 g/mol. The van der Waals surface area contributed by atoms with Crippen LogP contribution in [0.4, 0.5) is 0 Å². The molecule has 1 aliphatic carbocycles. The number of carbonyl (C=O) groups is 1. The number of thiol groups is 1. The minimum absolute atomic E-state index is 0.0411. The van der Waals surface area contributed by atoms with Gasteiger partial charge in [-0.05, 0) is 24.8 Å². The van der Waals surface area contributed by atoms with E-state index in [1.54, 1.807) is 0 Å². The van der Waals surface area contributed by atoms with Gasteiger partial charge < -0.3 is 10.4 Å².